The summed E-state index contributed by atoms with van der Waals surface area (Å²) in [6.45, 7) is 0. The zero-order chi connectivity index (χ0) is 12.1. The second-order valence-electron chi connectivity index (χ2n) is 3.38. The molecule has 5 heteroatoms. The van der Waals surface area contributed by atoms with Crippen LogP contribution in [0.15, 0.2) is 24.3 Å². The zero-order valence-electron chi connectivity index (χ0n) is 8.83. The molecule has 1 aromatic carbocycles. The van der Waals surface area contributed by atoms with Gasteiger partial charge in [0.15, 0.2) is 6.10 Å². The van der Waals surface area contributed by atoms with Crippen LogP contribution in [0, 0.1) is 0 Å². The number of carboxylic acids is 1. The van der Waals surface area contributed by atoms with Gasteiger partial charge in [0.05, 0.1) is 13.2 Å². The molecule has 0 fully saturated rings. The SMILES string of the molecule is COc1ccc(C(O)CC(O)C(=O)O)cc1. The number of hydrogen-bond donors (Lipinski definition) is 3. The molecule has 2 unspecified atom stereocenters. The fraction of sp³-hybridized carbons (Fsp3) is 0.364. The molecule has 0 aliphatic carbocycles. The van der Waals surface area contributed by atoms with Crippen LogP contribution in [-0.4, -0.2) is 34.5 Å². The van der Waals surface area contributed by atoms with E-state index in [1.54, 1.807) is 24.3 Å². The van der Waals surface area contributed by atoms with Crippen molar-refractivity contribution in [3.8, 4) is 5.75 Å². The average molecular weight is 226 g/mol. The molecule has 2 atom stereocenters. The minimum absolute atomic E-state index is 0.234. The van der Waals surface area contributed by atoms with Crippen LogP contribution in [0.25, 0.3) is 0 Å². The Morgan fingerprint density at radius 3 is 2.31 bits per heavy atom. The van der Waals surface area contributed by atoms with Crippen LogP contribution in [0.3, 0.4) is 0 Å². The van der Waals surface area contributed by atoms with Crippen molar-refractivity contribution >= 4 is 5.97 Å². The van der Waals surface area contributed by atoms with Crippen molar-refractivity contribution in [1.29, 1.82) is 0 Å². The Labute approximate surface area is 92.9 Å². The van der Waals surface area contributed by atoms with Crippen LogP contribution in [0.5, 0.6) is 5.75 Å². The number of carboxylic acid groups (broad SMARTS) is 1. The van der Waals surface area contributed by atoms with Crippen molar-refractivity contribution in [2.45, 2.75) is 18.6 Å². The molecule has 0 spiro atoms. The zero-order valence-corrected chi connectivity index (χ0v) is 8.83. The molecule has 0 heterocycles. The summed E-state index contributed by atoms with van der Waals surface area (Å²) < 4.78 is 4.94. The third kappa shape index (κ3) is 3.22. The highest BCUT2D eigenvalue weighted by Gasteiger charge is 2.19. The molecule has 0 radical (unpaired) electrons. The predicted molar refractivity (Wildman–Crippen MR) is 56.2 cm³/mol. The van der Waals surface area contributed by atoms with Crippen LogP contribution in [0.2, 0.25) is 0 Å². The van der Waals surface area contributed by atoms with Gasteiger partial charge >= 0.3 is 5.97 Å². The number of aliphatic hydroxyl groups excluding tert-OH is 2. The second kappa shape index (κ2) is 5.48. The van der Waals surface area contributed by atoms with Gasteiger partial charge in [0, 0.05) is 6.42 Å². The molecule has 0 saturated carbocycles. The Balaban J connectivity index is 2.65. The van der Waals surface area contributed by atoms with Crippen LogP contribution in [0.1, 0.15) is 18.1 Å². The van der Waals surface area contributed by atoms with Gasteiger partial charge in [0.25, 0.3) is 0 Å². The fourth-order valence-electron chi connectivity index (χ4n) is 1.27. The van der Waals surface area contributed by atoms with Crippen molar-refractivity contribution < 1.29 is 24.9 Å². The van der Waals surface area contributed by atoms with Gasteiger partial charge in [0.1, 0.15) is 5.75 Å². The maximum Gasteiger partial charge on any atom is 0.332 e. The molecule has 5 nitrogen and oxygen atoms in total. The average Bonchev–Trinajstić information content (AvgIpc) is 2.28. The summed E-state index contributed by atoms with van der Waals surface area (Å²) in [6.07, 6.45) is -2.80. The minimum atomic E-state index is -1.56. The van der Waals surface area contributed by atoms with Crippen LogP contribution in [-0.2, 0) is 4.79 Å². The third-order valence-electron chi connectivity index (χ3n) is 2.23. The monoisotopic (exact) mass is 226 g/mol. The van der Waals surface area contributed by atoms with Crippen molar-refractivity contribution in [1.82, 2.24) is 0 Å². The number of benzene rings is 1. The number of rotatable bonds is 5. The highest BCUT2D eigenvalue weighted by molar-refractivity contribution is 5.71. The van der Waals surface area contributed by atoms with E-state index in [0.29, 0.717) is 11.3 Å². The molecular formula is C11H14O5. The number of aliphatic carboxylic acids is 1. The maximum absolute atomic E-state index is 10.4. The van der Waals surface area contributed by atoms with Crippen LogP contribution in [0.4, 0.5) is 0 Å². The normalized spacial score (nSPS) is 14.2. The standard InChI is InChI=1S/C11H14O5/c1-16-8-4-2-7(3-5-8)9(12)6-10(13)11(14)15/h2-5,9-10,12-13H,6H2,1H3,(H,14,15). The topological polar surface area (TPSA) is 87.0 Å². The van der Waals surface area contributed by atoms with Crippen LogP contribution < -0.4 is 4.74 Å². The molecule has 1 rings (SSSR count). The lowest BCUT2D eigenvalue weighted by Gasteiger charge is -2.13. The van der Waals surface area contributed by atoms with Crippen molar-refractivity contribution in [2.75, 3.05) is 7.11 Å². The van der Waals surface area contributed by atoms with Crippen molar-refractivity contribution in [3.05, 3.63) is 29.8 Å². The number of hydrogen-bond acceptors (Lipinski definition) is 4. The molecule has 3 N–H and O–H groups in total. The van der Waals surface area contributed by atoms with Crippen LogP contribution >= 0.6 is 0 Å². The molecule has 88 valence electrons. The Morgan fingerprint density at radius 1 is 1.31 bits per heavy atom. The lowest BCUT2D eigenvalue weighted by atomic mass is 10.0. The van der Waals surface area contributed by atoms with E-state index in [0.717, 1.165) is 0 Å². The van der Waals surface area contributed by atoms with E-state index in [-0.39, 0.29) is 6.42 Å². The Kier molecular flexibility index (Phi) is 4.28. The molecule has 0 aliphatic rings. The van der Waals surface area contributed by atoms with E-state index in [1.165, 1.54) is 7.11 Å². The van der Waals surface area contributed by atoms with E-state index >= 15 is 0 Å². The number of carbonyl (C=O) groups is 1. The van der Waals surface area contributed by atoms with E-state index in [9.17, 15) is 9.90 Å². The first kappa shape index (κ1) is 12.5. The molecule has 0 amide bonds. The lowest BCUT2D eigenvalue weighted by molar-refractivity contribution is -0.148. The summed E-state index contributed by atoms with van der Waals surface area (Å²) in [5.74, 6) is -0.692. The van der Waals surface area contributed by atoms with Gasteiger partial charge in [-0.3, -0.25) is 0 Å². The van der Waals surface area contributed by atoms with Gasteiger partial charge in [-0.2, -0.15) is 0 Å². The first-order chi connectivity index (χ1) is 7.54. The Bertz CT molecular complexity index is 346. The number of aliphatic hydroxyl groups is 2. The quantitative estimate of drug-likeness (QED) is 0.683. The summed E-state index contributed by atoms with van der Waals surface area (Å²) in [4.78, 5) is 10.4. The minimum Gasteiger partial charge on any atom is -0.497 e. The number of ether oxygens (including phenoxy) is 1. The summed E-state index contributed by atoms with van der Waals surface area (Å²) >= 11 is 0. The summed E-state index contributed by atoms with van der Waals surface area (Å²) in [7, 11) is 1.53. The molecule has 0 saturated heterocycles. The second-order valence-corrected chi connectivity index (χ2v) is 3.38. The Hall–Kier alpha value is -1.59. The van der Waals surface area contributed by atoms with E-state index in [4.69, 9.17) is 14.9 Å². The Morgan fingerprint density at radius 2 is 1.88 bits per heavy atom. The fourth-order valence-corrected chi connectivity index (χ4v) is 1.27. The largest absolute Gasteiger partial charge is 0.497 e. The van der Waals surface area contributed by atoms with Crippen molar-refractivity contribution in [2.24, 2.45) is 0 Å². The van der Waals surface area contributed by atoms with Crippen molar-refractivity contribution in [3.63, 3.8) is 0 Å². The first-order valence-corrected chi connectivity index (χ1v) is 4.77. The smallest absolute Gasteiger partial charge is 0.332 e. The van der Waals surface area contributed by atoms with Gasteiger partial charge < -0.3 is 20.1 Å². The highest BCUT2D eigenvalue weighted by atomic mass is 16.5. The third-order valence-corrected chi connectivity index (χ3v) is 2.23. The molecule has 0 aromatic heterocycles. The lowest BCUT2D eigenvalue weighted by Crippen LogP contribution is -2.22. The van der Waals surface area contributed by atoms with E-state index in [2.05, 4.69) is 0 Å². The van der Waals surface area contributed by atoms with Gasteiger partial charge in [0.2, 0.25) is 0 Å². The van der Waals surface area contributed by atoms with E-state index in [1.807, 2.05) is 0 Å². The van der Waals surface area contributed by atoms with Gasteiger partial charge in [-0.25, -0.2) is 4.79 Å². The highest BCUT2D eigenvalue weighted by Crippen LogP contribution is 2.21. The van der Waals surface area contributed by atoms with E-state index < -0.39 is 18.2 Å². The summed E-state index contributed by atoms with van der Waals surface area (Å²) in [5, 5.41) is 27.2. The maximum atomic E-state index is 10.4. The molecule has 16 heavy (non-hydrogen) atoms. The van der Waals surface area contributed by atoms with Gasteiger partial charge in [-0.05, 0) is 17.7 Å². The molecular weight excluding hydrogens is 212 g/mol. The molecule has 1 aromatic rings. The van der Waals surface area contributed by atoms with Gasteiger partial charge in [-0.1, -0.05) is 12.1 Å². The van der Waals surface area contributed by atoms with Gasteiger partial charge in [-0.15, -0.1) is 0 Å². The summed E-state index contributed by atoms with van der Waals surface area (Å²) in [5.41, 5.74) is 0.543. The molecule has 0 aliphatic heterocycles. The predicted octanol–water partition coefficient (Wildman–Crippen LogP) is 0.564. The first-order valence-electron chi connectivity index (χ1n) is 4.77. The number of methoxy groups -OCH3 is 1. The molecule has 0 bridgehead atoms. The summed E-state index contributed by atoms with van der Waals surface area (Å²) in [6, 6.07) is 6.56.